The molecule has 0 saturated heterocycles. The fraction of sp³-hybridized carbons (Fsp3) is 0.812. The van der Waals surface area contributed by atoms with E-state index in [-0.39, 0.29) is 0 Å². The Morgan fingerprint density at radius 3 is 1.40 bits per heavy atom. The summed E-state index contributed by atoms with van der Waals surface area (Å²) in [6, 6.07) is 8.45. The molecule has 0 fully saturated rings. The average molecular weight is 589 g/mol. The van der Waals surface area contributed by atoms with Crippen LogP contribution in [0.25, 0.3) is 0 Å². The normalized spacial score (nSPS) is 11.3. The molecule has 0 aliphatic rings. The maximum Gasteiger partial charge on any atom is 0.119 e. The molecule has 1 rings (SSSR count). The summed E-state index contributed by atoms with van der Waals surface area (Å²) < 4.78 is 38.9. The number of benzene rings is 1. The molecular formula is C32H57ClO7. The number of hydrogen-bond donors (Lipinski definition) is 0. The van der Waals surface area contributed by atoms with Gasteiger partial charge in [-0.1, -0.05) is 64.0 Å². The third kappa shape index (κ3) is 26.0. The van der Waals surface area contributed by atoms with E-state index in [2.05, 4.69) is 31.2 Å². The van der Waals surface area contributed by atoms with Crippen LogP contribution < -0.4 is 4.74 Å². The minimum Gasteiger partial charge on any atom is -0.491 e. The summed E-state index contributed by atoms with van der Waals surface area (Å²) in [4.78, 5) is 0. The minimum atomic E-state index is 0.536. The van der Waals surface area contributed by atoms with Crippen LogP contribution in [0, 0.1) is 0 Å². The van der Waals surface area contributed by atoms with Crippen LogP contribution in [0.15, 0.2) is 24.3 Å². The number of ether oxygens (including phenoxy) is 7. The first kappa shape index (κ1) is 37.1. The largest absolute Gasteiger partial charge is 0.491 e. The first-order chi connectivity index (χ1) is 19.9. The van der Waals surface area contributed by atoms with Gasteiger partial charge in [-0.25, -0.2) is 0 Å². The van der Waals surface area contributed by atoms with Crippen molar-refractivity contribution >= 4 is 11.6 Å². The summed E-state index contributed by atoms with van der Waals surface area (Å²) in [5, 5.41) is 0. The van der Waals surface area contributed by atoms with Gasteiger partial charge >= 0.3 is 0 Å². The van der Waals surface area contributed by atoms with E-state index in [9.17, 15) is 0 Å². The predicted molar refractivity (Wildman–Crippen MR) is 163 cm³/mol. The summed E-state index contributed by atoms with van der Waals surface area (Å²) in [5.41, 5.74) is 1.38. The molecule has 0 bridgehead atoms. The second-order valence-electron chi connectivity index (χ2n) is 9.79. The Morgan fingerprint density at radius 2 is 0.875 bits per heavy atom. The van der Waals surface area contributed by atoms with Crippen molar-refractivity contribution in [3.05, 3.63) is 29.8 Å². The number of aryl methyl sites for hydroxylation is 1. The highest BCUT2D eigenvalue weighted by Gasteiger charge is 1.98. The molecule has 8 heteroatoms. The third-order valence-corrected chi connectivity index (χ3v) is 6.54. The summed E-state index contributed by atoms with van der Waals surface area (Å²) in [5.74, 6) is 1.64. The zero-order valence-electron chi connectivity index (χ0n) is 25.2. The van der Waals surface area contributed by atoms with Crippen molar-refractivity contribution in [3.63, 3.8) is 0 Å². The predicted octanol–water partition coefficient (Wildman–Crippen LogP) is 6.87. The molecule has 0 spiro atoms. The fourth-order valence-corrected chi connectivity index (χ4v) is 4.12. The van der Waals surface area contributed by atoms with Crippen molar-refractivity contribution in [3.8, 4) is 5.75 Å². The zero-order chi connectivity index (χ0) is 28.6. The van der Waals surface area contributed by atoms with Crippen molar-refractivity contribution in [1.29, 1.82) is 0 Å². The molecular weight excluding hydrogens is 532 g/mol. The molecule has 0 aromatic heterocycles. The number of rotatable bonds is 32. The monoisotopic (exact) mass is 588 g/mol. The van der Waals surface area contributed by atoms with E-state index in [1.165, 1.54) is 56.9 Å². The van der Waals surface area contributed by atoms with Gasteiger partial charge in [0.1, 0.15) is 12.4 Å². The van der Waals surface area contributed by atoms with Gasteiger partial charge in [0.05, 0.1) is 72.7 Å². The maximum absolute atomic E-state index is 5.76. The van der Waals surface area contributed by atoms with E-state index >= 15 is 0 Å². The van der Waals surface area contributed by atoms with Crippen LogP contribution in [0.3, 0.4) is 0 Å². The highest BCUT2D eigenvalue weighted by Crippen LogP contribution is 2.15. The van der Waals surface area contributed by atoms with Crippen LogP contribution in [0.1, 0.15) is 76.7 Å². The highest BCUT2D eigenvalue weighted by atomic mass is 35.5. The summed E-state index contributed by atoms with van der Waals surface area (Å²) >= 11 is 5.65. The van der Waals surface area contributed by atoms with E-state index in [4.69, 9.17) is 44.8 Å². The number of alkyl halides is 1. The first-order valence-corrected chi connectivity index (χ1v) is 16.1. The van der Waals surface area contributed by atoms with Crippen molar-refractivity contribution < 1.29 is 33.2 Å². The van der Waals surface area contributed by atoms with Gasteiger partial charge in [-0.3, -0.25) is 0 Å². The van der Waals surface area contributed by atoms with Crippen molar-refractivity contribution in [2.24, 2.45) is 0 Å². The molecule has 7 nitrogen and oxygen atoms in total. The van der Waals surface area contributed by atoms with Crippen LogP contribution in [-0.2, 0) is 34.8 Å². The van der Waals surface area contributed by atoms with Gasteiger partial charge in [-0.15, -0.1) is 11.6 Å². The van der Waals surface area contributed by atoms with Gasteiger partial charge in [-0.05, 0) is 43.4 Å². The molecule has 0 heterocycles. The standard InChI is InChI=1S/C32H57ClO7/c1-2-3-4-5-6-9-12-31-13-15-32(16-14-31)40-30-29-39-28-27-38-26-25-37-24-23-36-22-21-35-20-19-34-18-11-8-7-10-17-33/h13-16H,2-12,17-30H2,1H3. The molecule has 40 heavy (non-hydrogen) atoms. The van der Waals surface area contributed by atoms with Gasteiger partial charge in [0, 0.05) is 12.5 Å². The van der Waals surface area contributed by atoms with Gasteiger partial charge in [0.2, 0.25) is 0 Å². The molecule has 1 aromatic carbocycles. The molecule has 1 aromatic rings. The van der Waals surface area contributed by atoms with E-state index in [1.807, 2.05) is 0 Å². The molecule has 234 valence electrons. The van der Waals surface area contributed by atoms with Crippen LogP contribution in [0.5, 0.6) is 5.75 Å². The second-order valence-corrected chi connectivity index (χ2v) is 10.2. The smallest absolute Gasteiger partial charge is 0.119 e. The summed E-state index contributed by atoms with van der Waals surface area (Å²) in [7, 11) is 0. The molecule has 0 N–H and O–H groups in total. The van der Waals surface area contributed by atoms with Gasteiger partial charge in [-0.2, -0.15) is 0 Å². The Labute approximate surface area is 249 Å². The summed E-state index contributed by atoms with van der Waals surface area (Å²) in [6.07, 6.45) is 13.7. The van der Waals surface area contributed by atoms with E-state index in [0.717, 1.165) is 37.5 Å². The number of unbranched alkanes of at least 4 members (excludes halogenated alkanes) is 8. The van der Waals surface area contributed by atoms with Crippen LogP contribution in [-0.4, -0.2) is 91.8 Å². The Morgan fingerprint density at radius 1 is 0.450 bits per heavy atom. The lowest BCUT2D eigenvalue weighted by atomic mass is 10.0. The molecule has 0 atom stereocenters. The highest BCUT2D eigenvalue weighted by molar-refractivity contribution is 6.17. The fourth-order valence-electron chi connectivity index (χ4n) is 3.93. The Balaban J connectivity index is 1.74. The van der Waals surface area contributed by atoms with Gasteiger partial charge in [0.25, 0.3) is 0 Å². The Bertz CT molecular complexity index is 618. The third-order valence-electron chi connectivity index (χ3n) is 6.27. The van der Waals surface area contributed by atoms with Crippen molar-refractivity contribution in [1.82, 2.24) is 0 Å². The molecule has 0 amide bonds. The van der Waals surface area contributed by atoms with Crippen LogP contribution in [0.2, 0.25) is 0 Å². The van der Waals surface area contributed by atoms with E-state index in [1.54, 1.807) is 0 Å². The minimum absolute atomic E-state index is 0.536. The second kappa shape index (κ2) is 31.0. The number of halogens is 1. The average Bonchev–Trinajstić information content (AvgIpc) is 2.98. The summed E-state index contributed by atoms with van der Waals surface area (Å²) in [6.45, 7) is 9.76. The van der Waals surface area contributed by atoms with E-state index in [0.29, 0.717) is 79.3 Å². The van der Waals surface area contributed by atoms with Crippen molar-refractivity contribution in [2.45, 2.75) is 77.6 Å². The lowest BCUT2D eigenvalue weighted by Crippen LogP contribution is -2.14. The molecule has 0 aliphatic carbocycles. The van der Waals surface area contributed by atoms with Crippen LogP contribution in [0.4, 0.5) is 0 Å². The molecule has 0 radical (unpaired) electrons. The quantitative estimate of drug-likeness (QED) is 0.0672. The lowest BCUT2D eigenvalue weighted by molar-refractivity contribution is -0.0179. The zero-order valence-corrected chi connectivity index (χ0v) is 26.0. The van der Waals surface area contributed by atoms with Crippen LogP contribution >= 0.6 is 11.6 Å². The van der Waals surface area contributed by atoms with Gasteiger partial charge < -0.3 is 33.2 Å². The Kier molecular flexibility index (Phi) is 28.8. The SMILES string of the molecule is CCCCCCCCc1ccc(OCCOCCOCCOCCOCCOCCOCCCCCCCl)cc1. The molecule has 0 saturated carbocycles. The van der Waals surface area contributed by atoms with Crippen molar-refractivity contribution in [2.75, 3.05) is 91.8 Å². The topological polar surface area (TPSA) is 64.6 Å². The first-order valence-electron chi connectivity index (χ1n) is 15.6. The molecule has 0 aliphatic heterocycles. The number of hydrogen-bond acceptors (Lipinski definition) is 7. The van der Waals surface area contributed by atoms with Gasteiger partial charge in [0.15, 0.2) is 0 Å². The lowest BCUT2D eigenvalue weighted by Gasteiger charge is -2.09. The molecule has 0 unspecified atom stereocenters. The Hall–Kier alpha value is -0.930. The van der Waals surface area contributed by atoms with E-state index < -0.39 is 0 Å². The maximum atomic E-state index is 5.76.